The molecular formula is C22H24N4O2. The molecule has 144 valence electrons. The zero-order valence-electron chi connectivity index (χ0n) is 16.3. The van der Waals surface area contributed by atoms with Crippen molar-refractivity contribution in [3.05, 3.63) is 77.0 Å². The largest absolute Gasteiger partial charge is 0.497 e. The second-order valence-electron chi connectivity index (χ2n) is 6.55. The molecular weight excluding hydrogens is 352 g/mol. The third kappa shape index (κ3) is 4.85. The molecule has 0 saturated carbocycles. The summed E-state index contributed by atoms with van der Waals surface area (Å²) in [5, 5.41) is 14.3. The zero-order chi connectivity index (χ0) is 19.9. The Morgan fingerprint density at radius 3 is 2.43 bits per heavy atom. The molecule has 0 aliphatic heterocycles. The van der Waals surface area contributed by atoms with E-state index >= 15 is 0 Å². The Morgan fingerprint density at radius 2 is 1.75 bits per heavy atom. The number of nitrogens with one attached hydrogen (secondary N) is 2. The van der Waals surface area contributed by atoms with Crippen molar-refractivity contribution in [2.75, 3.05) is 24.3 Å². The third-order valence-corrected chi connectivity index (χ3v) is 4.47. The molecule has 0 aliphatic rings. The molecule has 6 heteroatoms. The van der Waals surface area contributed by atoms with Gasteiger partial charge in [0.25, 0.3) is 5.91 Å². The van der Waals surface area contributed by atoms with Gasteiger partial charge >= 0.3 is 0 Å². The van der Waals surface area contributed by atoms with E-state index < -0.39 is 0 Å². The molecule has 0 radical (unpaired) electrons. The zero-order valence-corrected chi connectivity index (χ0v) is 16.3. The number of nitrogens with zero attached hydrogens (tertiary/aromatic N) is 2. The number of carbonyl (C=O) groups excluding carboxylic acids is 1. The van der Waals surface area contributed by atoms with Crippen LogP contribution in [0.5, 0.6) is 5.75 Å². The van der Waals surface area contributed by atoms with Crippen LogP contribution in [0.25, 0.3) is 0 Å². The Hall–Kier alpha value is -3.41. The van der Waals surface area contributed by atoms with Gasteiger partial charge in [-0.3, -0.25) is 4.79 Å². The van der Waals surface area contributed by atoms with Gasteiger partial charge in [-0.15, -0.1) is 10.2 Å². The minimum atomic E-state index is -0.271. The van der Waals surface area contributed by atoms with E-state index in [0.717, 1.165) is 29.0 Å². The molecule has 6 nitrogen and oxygen atoms in total. The van der Waals surface area contributed by atoms with Crippen LogP contribution in [0, 0.1) is 13.8 Å². The van der Waals surface area contributed by atoms with E-state index in [4.69, 9.17) is 4.74 Å². The first kappa shape index (κ1) is 19.4. The number of rotatable bonds is 7. The lowest BCUT2D eigenvalue weighted by atomic mass is 10.1. The van der Waals surface area contributed by atoms with E-state index in [0.29, 0.717) is 12.4 Å². The Morgan fingerprint density at radius 1 is 1.00 bits per heavy atom. The number of hydrogen-bond acceptors (Lipinski definition) is 5. The van der Waals surface area contributed by atoms with Crippen molar-refractivity contribution in [1.29, 1.82) is 0 Å². The van der Waals surface area contributed by atoms with Crippen molar-refractivity contribution in [1.82, 2.24) is 10.2 Å². The summed E-state index contributed by atoms with van der Waals surface area (Å²) < 4.78 is 5.23. The Labute approximate surface area is 165 Å². The lowest BCUT2D eigenvalue weighted by Crippen LogP contribution is -2.16. The van der Waals surface area contributed by atoms with Gasteiger partial charge in [0.05, 0.1) is 7.11 Å². The van der Waals surface area contributed by atoms with Crippen molar-refractivity contribution >= 4 is 17.4 Å². The van der Waals surface area contributed by atoms with E-state index in [9.17, 15) is 4.79 Å². The monoisotopic (exact) mass is 376 g/mol. The maximum Gasteiger partial charge on any atom is 0.276 e. The predicted molar refractivity (Wildman–Crippen MR) is 111 cm³/mol. The molecule has 0 bridgehead atoms. The first-order valence-corrected chi connectivity index (χ1v) is 9.15. The van der Waals surface area contributed by atoms with Crippen LogP contribution in [0.3, 0.4) is 0 Å². The quantitative estimate of drug-likeness (QED) is 0.652. The highest BCUT2D eigenvalue weighted by molar-refractivity contribution is 6.03. The minimum absolute atomic E-state index is 0.271. The molecule has 1 heterocycles. The molecule has 0 unspecified atom stereocenters. The second kappa shape index (κ2) is 8.99. The topological polar surface area (TPSA) is 76.1 Å². The SMILES string of the molecule is COc1cccc(CCNc2ccc(C(=O)Nc3c(C)cccc3C)nn2)c1. The van der Waals surface area contributed by atoms with Crippen LogP contribution in [-0.4, -0.2) is 29.8 Å². The molecule has 3 aromatic rings. The minimum Gasteiger partial charge on any atom is -0.497 e. The molecule has 2 aromatic carbocycles. The first-order valence-electron chi connectivity index (χ1n) is 9.15. The van der Waals surface area contributed by atoms with Gasteiger partial charge in [-0.05, 0) is 61.2 Å². The van der Waals surface area contributed by atoms with Crippen LogP contribution in [0.2, 0.25) is 0 Å². The summed E-state index contributed by atoms with van der Waals surface area (Å²) in [4.78, 5) is 12.4. The third-order valence-electron chi connectivity index (χ3n) is 4.47. The Bertz CT molecular complexity index is 935. The van der Waals surface area contributed by atoms with E-state index in [1.807, 2.05) is 50.2 Å². The van der Waals surface area contributed by atoms with Crippen molar-refractivity contribution in [3.63, 3.8) is 0 Å². The van der Waals surface area contributed by atoms with Crippen LogP contribution in [0.1, 0.15) is 27.2 Å². The van der Waals surface area contributed by atoms with Gasteiger partial charge in [-0.25, -0.2) is 0 Å². The van der Waals surface area contributed by atoms with Gasteiger partial charge < -0.3 is 15.4 Å². The lowest BCUT2D eigenvalue weighted by Gasteiger charge is -2.11. The highest BCUT2D eigenvalue weighted by atomic mass is 16.5. The summed E-state index contributed by atoms with van der Waals surface area (Å²) in [7, 11) is 1.66. The van der Waals surface area contributed by atoms with Crippen LogP contribution in [0.15, 0.2) is 54.6 Å². The molecule has 0 aliphatic carbocycles. The molecule has 0 fully saturated rings. The number of aryl methyl sites for hydroxylation is 2. The lowest BCUT2D eigenvalue weighted by molar-refractivity contribution is 0.102. The molecule has 1 amide bonds. The Kier molecular flexibility index (Phi) is 6.22. The number of benzene rings is 2. The maximum atomic E-state index is 12.4. The predicted octanol–water partition coefficient (Wildman–Crippen LogP) is 4.01. The number of aromatic nitrogens is 2. The van der Waals surface area contributed by atoms with E-state index in [2.05, 4.69) is 26.9 Å². The van der Waals surface area contributed by atoms with Gasteiger partial charge in [0, 0.05) is 12.2 Å². The van der Waals surface area contributed by atoms with E-state index in [1.165, 1.54) is 5.56 Å². The second-order valence-corrected chi connectivity index (χ2v) is 6.55. The van der Waals surface area contributed by atoms with Gasteiger partial charge in [-0.2, -0.15) is 0 Å². The van der Waals surface area contributed by atoms with Crippen LogP contribution in [0.4, 0.5) is 11.5 Å². The molecule has 0 spiro atoms. The van der Waals surface area contributed by atoms with Crippen molar-refractivity contribution in [2.24, 2.45) is 0 Å². The van der Waals surface area contributed by atoms with Gasteiger partial charge in [0.15, 0.2) is 5.69 Å². The molecule has 28 heavy (non-hydrogen) atoms. The summed E-state index contributed by atoms with van der Waals surface area (Å²) in [5.74, 6) is 1.20. The number of methoxy groups -OCH3 is 1. The van der Waals surface area contributed by atoms with Gasteiger partial charge in [-0.1, -0.05) is 30.3 Å². The number of hydrogen-bond donors (Lipinski definition) is 2. The average molecular weight is 376 g/mol. The fraction of sp³-hybridized carbons (Fsp3) is 0.227. The van der Waals surface area contributed by atoms with E-state index in [1.54, 1.807) is 19.2 Å². The summed E-state index contributed by atoms with van der Waals surface area (Å²) in [5.41, 5.74) is 4.29. The Balaban J connectivity index is 1.56. The highest BCUT2D eigenvalue weighted by Crippen LogP contribution is 2.20. The van der Waals surface area contributed by atoms with Crippen LogP contribution < -0.4 is 15.4 Å². The van der Waals surface area contributed by atoms with Crippen LogP contribution >= 0.6 is 0 Å². The number of amides is 1. The normalized spacial score (nSPS) is 10.4. The van der Waals surface area contributed by atoms with Crippen molar-refractivity contribution < 1.29 is 9.53 Å². The van der Waals surface area contributed by atoms with Crippen molar-refractivity contribution in [2.45, 2.75) is 20.3 Å². The molecule has 2 N–H and O–H groups in total. The average Bonchev–Trinajstić information content (AvgIpc) is 2.71. The summed E-state index contributed by atoms with van der Waals surface area (Å²) in [6.45, 7) is 4.63. The number of para-hydroxylation sites is 1. The summed E-state index contributed by atoms with van der Waals surface area (Å²) >= 11 is 0. The smallest absolute Gasteiger partial charge is 0.276 e. The van der Waals surface area contributed by atoms with Gasteiger partial charge in [0.1, 0.15) is 11.6 Å². The fourth-order valence-electron chi connectivity index (χ4n) is 2.90. The van der Waals surface area contributed by atoms with Crippen LogP contribution in [-0.2, 0) is 6.42 Å². The molecule has 3 rings (SSSR count). The fourth-order valence-corrected chi connectivity index (χ4v) is 2.90. The van der Waals surface area contributed by atoms with Crippen molar-refractivity contribution in [3.8, 4) is 5.75 Å². The van der Waals surface area contributed by atoms with E-state index in [-0.39, 0.29) is 11.6 Å². The van der Waals surface area contributed by atoms with Gasteiger partial charge in [0.2, 0.25) is 0 Å². The number of ether oxygens (including phenoxy) is 1. The number of anilines is 2. The summed E-state index contributed by atoms with van der Waals surface area (Å²) in [6, 6.07) is 17.3. The molecule has 1 aromatic heterocycles. The standard InChI is InChI=1S/C22H24N4O2/c1-15-6-4-7-16(2)21(15)24-22(27)19-10-11-20(26-25-19)23-13-12-17-8-5-9-18(14-17)28-3/h4-11,14H,12-13H2,1-3H3,(H,23,26)(H,24,27). The maximum absolute atomic E-state index is 12.4. The highest BCUT2D eigenvalue weighted by Gasteiger charge is 2.11. The molecule has 0 atom stereocenters. The number of carbonyl (C=O) groups is 1. The first-order chi connectivity index (χ1) is 13.6. The molecule has 0 saturated heterocycles. The summed E-state index contributed by atoms with van der Waals surface area (Å²) in [6.07, 6.45) is 0.827.